The first kappa shape index (κ1) is 9.95. The second-order valence-electron chi connectivity index (χ2n) is 3.18. The Hall–Kier alpha value is -0.130. The second-order valence-corrected chi connectivity index (χ2v) is 5.16. The molecular formula is C7H16N2O2S. The lowest BCUT2D eigenvalue weighted by Crippen LogP contribution is -2.51. The molecule has 0 saturated carbocycles. The van der Waals surface area contributed by atoms with Crippen molar-refractivity contribution >= 4 is 10.0 Å². The van der Waals surface area contributed by atoms with Gasteiger partial charge in [-0.1, -0.05) is 6.92 Å². The van der Waals surface area contributed by atoms with Gasteiger partial charge in [0.05, 0.1) is 6.26 Å². The highest BCUT2D eigenvalue weighted by Gasteiger charge is 2.23. The van der Waals surface area contributed by atoms with Gasteiger partial charge in [0.1, 0.15) is 0 Å². The summed E-state index contributed by atoms with van der Waals surface area (Å²) >= 11 is 0. The molecule has 1 saturated heterocycles. The Balaban J connectivity index is 2.58. The van der Waals surface area contributed by atoms with Gasteiger partial charge in [0.15, 0.2) is 0 Å². The molecule has 1 fully saturated rings. The van der Waals surface area contributed by atoms with Gasteiger partial charge in [-0.25, -0.2) is 8.42 Å². The van der Waals surface area contributed by atoms with Gasteiger partial charge in [-0.05, 0) is 6.42 Å². The van der Waals surface area contributed by atoms with Gasteiger partial charge in [0.2, 0.25) is 10.0 Å². The highest BCUT2D eigenvalue weighted by atomic mass is 32.2. The molecule has 0 aromatic rings. The number of hydrogen-bond donors (Lipinski definition) is 1. The lowest BCUT2D eigenvalue weighted by atomic mass is 10.2. The normalized spacial score (nSPS) is 27.3. The van der Waals surface area contributed by atoms with Crippen molar-refractivity contribution in [1.29, 1.82) is 0 Å². The monoisotopic (exact) mass is 192 g/mol. The molecule has 1 rings (SSSR count). The minimum atomic E-state index is -2.98. The summed E-state index contributed by atoms with van der Waals surface area (Å²) in [5, 5.41) is 3.26. The highest BCUT2D eigenvalue weighted by Crippen LogP contribution is 2.05. The van der Waals surface area contributed by atoms with Gasteiger partial charge in [0.25, 0.3) is 0 Å². The fourth-order valence-corrected chi connectivity index (χ4v) is 2.24. The third-order valence-corrected chi connectivity index (χ3v) is 3.45. The first-order valence-corrected chi connectivity index (χ1v) is 6.07. The largest absolute Gasteiger partial charge is 0.311 e. The molecular weight excluding hydrogens is 176 g/mol. The van der Waals surface area contributed by atoms with E-state index in [1.54, 1.807) is 0 Å². The summed E-state index contributed by atoms with van der Waals surface area (Å²) in [5.74, 6) is 0. The molecule has 0 amide bonds. The summed E-state index contributed by atoms with van der Waals surface area (Å²) in [7, 11) is -2.98. The van der Waals surface area contributed by atoms with Gasteiger partial charge in [-0.2, -0.15) is 4.31 Å². The third kappa shape index (κ3) is 2.43. The number of piperazine rings is 1. The fourth-order valence-electron chi connectivity index (χ4n) is 1.37. The van der Waals surface area contributed by atoms with Crippen LogP contribution in [0.1, 0.15) is 13.3 Å². The maximum Gasteiger partial charge on any atom is 0.211 e. The lowest BCUT2D eigenvalue weighted by Gasteiger charge is -2.31. The zero-order chi connectivity index (χ0) is 9.19. The molecule has 1 heterocycles. The Morgan fingerprint density at radius 1 is 1.58 bits per heavy atom. The maximum atomic E-state index is 11.1. The molecule has 0 aliphatic carbocycles. The van der Waals surface area contributed by atoms with Crippen LogP contribution < -0.4 is 5.32 Å². The predicted molar refractivity (Wildman–Crippen MR) is 48.5 cm³/mol. The molecule has 0 spiro atoms. The molecule has 1 atom stereocenters. The van der Waals surface area contributed by atoms with Crippen LogP contribution in [-0.2, 0) is 10.0 Å². The first-order chi connectivity index (χ1) is 5.54. The quantitative estimate of drug-likeness (QED) is 0.649. The Morgan fingerprint density at radius 2 is 2.25 bits per heavy atom. The molecule has 1 aliphatic heterocycles. The smallest absolute Gasteiger partial charge is 0.211 e. The van der Waals surface area contributed by atoms with Gasteiger partial charge < -0.3 is 5.32 Å². The molecule has 4 nitrogen and oxygen atoms in total. The van der Waals surface area contributed by atoms with Gasteiger partial charge in [-0.3, -0.25) is 0 Å². The Bertz CT molecular complexity index is 238. The number of hydrogen-bond acceptors (Lipinski definition) is 3. The van der Waals surface area contributed by atoms with Gasteiger partial charge in [0, 0.05) is 25.7 Å². The first-order valence-electron chi connectivity index (χ1n) is 4.22. The van der Waals surface area contributed by atoms with E-state index in [0.29, 0.717) is 19.1 Å². The topological polar surface area (TPSA) is 49.4 Å². The minimum absolute atomic E-state index is 0.327. The Morgan fingerprint density at radius 3 is 2.75 bits per heavy atom. The van der Waals surface area contributed by atoms with E-state index in [-0.39, 0.29) is 0 Å². The zero-order valence-corrected chi connectivity index (χ0v) is 8.39. The van der Waals surface area contributed by atoms with Crippen molar-refractivity contribution in [2.45, 2.75) is 19.4 Å². The van der Waals surface area contributed by atoms with Crippen LogP contribution in [0.5, 0.6) is 0 Å². The van der Waals surface area contributed by atoms with E-state index in [0.717, 1.165) is 13.0 Å². The van der Waals surface area contributed by atoms with Crippen LogP contribution in [0.4, 0.5) is 0 Å². The molecule has 12 heavy (non-hydrogen) atoms. The SMILES string of the molecule is CCC1CN(S(C)(=O)=O)CCN1. The lowest BCUT2D eigenvalue weighted by molar-refractivity contribution is 0.295. The molecule has 0 aromatic heterocycles. The van der Waals surface area contributed by atoms with Crippen molar-refractivity contribution in [2.24, 2.45) is 0 Å². The summed E-state index contributed by atoms with van der Waals surface area (Å²) in [5.41, 5.74) is 0. The average molecular weight is 192 g/mol. The summed E-state index contributed by atoms with van der Waals surface area (Å²) in [6, 6.07) is 0.327. The van der Waals surface area contributed by atoms with Crippen molar-refractivity contribution in [1.82, 2.24) is 9.62 Å². The van der Waals surface area contributed by atoms with E-state index in [4.69, 9.17) is 0 Å². The van der Waals surface area contributed by atoms with E-state index >= 15 is 0 Å². The molecule has 72 valence electrons. The molecule has 0 radical (unpaired) electrons. The summed E-state index contributed by atoms with van der Waals surface area (Å²) in [6.45, 7) is 4.06. The highest BCUT2D eigenvalue weighted by molar-refractivity contribution is 7.88. The van der Waals surface area contributed by atoms with Crippen molar-refractivity contribution < 1.29 is 8.42 Å². The number of sulfonamides is 1. The average Bonchev–Trinajstić information content (AvgIpc) is 2.03. The molecule has 0 bridgehead atoms. The van der Waals surface area contributed by atoms with E-state index in [9.17, 15) is 8.42 Å². The van der Waals surface area contributed by atoms with Crippen LogP contribution in [0.25, 0.3) is 0 Å². The molecule has 0 aromatic carbocycles. The Kier molecular flexibility index (Phi) is 3.09. The van der Waals surface area contributed by atoms with Crippen molar-refractivity contribution in [2.75, 3.05) is 25.9 Å². The van der Waals surface area contributed by atoms with Crippen molar-refractivity contribution in [3.8, 4) is 0 Å². The van der Waals surface area contributed by atoms with Crippen molar-refractivity contribution in [3.05, 3.63) is 0 Å². The van der Waals surface area contributed by atoms with E-state index in [1.807, 2.05) is 0 Å². The second kappa shape index (κ2) is 3.72. The third-order valence-electron chi connectivity index (χ3n) is 2.18. The van der Waals surface area contributed by atoms with Crippen LogP contribution in [-0.4, -0.2) is 44.7 Å². The summed E-state index contributed by atoms with van der Waals surface area (Å²) in [4.78, 5) is 0. The Labute approximate surface area is 74.0 Å². The standard InChI is InChI=1S/C7H16N2O2S/c1-3-7-6-9(5-4-8-7)12(2,10)11/h7-8H,3-6H2,1-2H3. The zero-order valence-electron chi connectivity index (χ0n) is 7.58. The number of nitrogens with one attached hydrogen (secondary N) is 1. The minimum Gasteiger partial charge on any atom is -0.311 e. The van der Waals surface area contributed by atoms with Crippen LogP contribution in [0.2, 0.25) is 0 Å². The van der Waals surface area contributed by atoms with Crippen molar-refractivity contribution in [3.63, 3.8) is 0 Å². The number of rotatable bonds is 2. The maximum absolute atomic E-state index is 11.1. The molecule has 1 aliphatic rings. The number of nitrogens with zero attached hydrogens (tertiary/aromatic N) is 1. The van der Waals surface area contributed by atoms with Gasteiger partial charge in [-0.15, -0.1) is 0 Å². The van der Waals surface area contributed by atoms with Crippen LogP contribution in [0.3, 0.4) is 0 Å². The predicted octanol–water partition coefficient (Wildman–Crippen LogP) is -0.370. The van der Waals surface area contributed by atoms with E-state index in [1.165, 1.54) is 10.6 Å². The van der Waals surface area contributed by atoms with E-state index < -0.39 is 10.0 Å². The summed E-state index contributed by atoms with van der Waals surface area (Å²) in [6.07, 6.45) is 2.25. The fraction of sp³-hybridized carbons (Fsp3) is 1.00. The van der Waals surface area contributed by atoms with Crippen LogP contribution in [0.15, 0.2) is 0 Å². The van der Waals surface area contributed by atoms with Crippen LogP contribution in [0, 0.1) is 0 Å². The summed E-state index contributed by atoms with van der Waals surface area (Å²) < 4.78 is 23.8. The van der Waals surface area contributed by atoms with Crippen LogP contribution >= 0.6 is 0 Å². The van der Waals surface area contributed by atoms with Gasteiger partial charge >= 0.3 is 0 Å². The molecule has 1 unspecified atom stereocenters. The molecule has 5 heteroatoms. The molecule has 1 N–H and O–H groups in total. The van der Waals surface area contributed by atoms with E-state index in [2.05, 4.69) is 12.2 Å².